The van der Waals surface area contributed by atoms with Crippen LogP contribution in [0.1, 0.15) is 0 Å². The molecule has 2 unspecified atom stereocenters. The molecule has 0 heterocycles. The third-order valence-corrected chi connectivity index (χ3v) is 2.69. The molecule has 0 aliphatic heterocycles. The molecular weight excluding hydrogens is 254 g/mol. The van der Waals surface area contributed by atoms with E-state index in [2.05, 4.69) is 10.6 Å². The van der Waals surface area contributed by atoms with Gasteiger partial charge >= 0.3 is 0 Å². The maximum absolute atomic E-state index is 11.1. The minimum absolute atomic E-state index is 0.105. The van der Waals surface area contributed by atoms with Crippen molar-refractivity contribution in [1.82, 2.24) is 10.6 Å². The van der Waals surface area contributed by atoms with Crippen LogP contribution in [0.15, 0.2) is 23.9 Å². The van der Waals surface area contributed by atoms with Gasteiger partial charge < -0.3 is 21.7 Å². The van der Waals surface area contributed by atoms with Crippen LogP contribution in [0.2, 0.25) is 0 Å². The molecule has 108 valence electrons. The average Bonchev–Trinajstić information content (AvgIpc) is 2.37. The van der Waals surface area contributed by atoms with E-state index < -0.39 is 16.2 Å². The number of nitro groups is 1. The fourth-order valence-corrected chi connectivity index (χ4v) is 1.75. The third kappa shape index (κ3) is 3.80. The molecule has 9 heteroatoms. The molecule has 0 bridgehead atoms. The summed E-state index contributed by atoms with van der Waals surface area (Å²) in [5, 5.41) is 34.0. The first-order valence-electron chi connectivity index (χ1n) is 5.74. The Morgan fingerprint density at radius 1 is 1.21 bits per heavy atom. The molecule has 0 aromatic heterocycles. The first kappa shape index (κ1) is 15.7. The maximum atomic E-state index is 11.1. The molecule has 1 rings (SSSR count). The Bertz CT molecular complexity index is 399. The Morgan fingerprint density at radius 2 is 1.79 bits per heavy atom. The molecule has 0 spiro atoms. The van der Waals surface area contributed by atoms with Gasteiger partial charge in [-0.15, -0.1) is 0 Å². The van der Waals surface area contributed by atoms with Crippen molar-refractivity contribution in [2.75, 3.05) is 26.3 Å². The lowest BCUT2D eigenvalue weighted by molar-refractivity contribution is -0.435. The molecule has 0 aromatic carbocycles. The predicted molar refractivity (Wildman–Crippen MR) is 68.2 cm³/mol. The number of rotatable bonds is 7. The molecule has 0 saturated carbocycles. The molecule has 0 radical (unpaired) electrons. The van der Waals surface area contributed by atoms with Crippen molar-refractivity contribution in [2.45, 2.75) is 11.3 Å². The summed E-state index contributed by atoms with van der Waals surface area (Å²) in [6.07, 6.45) is 4.03. The highest BCUT2D eigenvalue weighted by Crippen LogP contribution is 2.22. The number of hydrogen-bond acceptors (Lipinski definition) is 8. The molecule has 0 amide bonds. The molecule has 1 aliphatic rings. The summed E-state index contributed by atoms with van der Waals surface area (Å²) in [6.45, 7) is -0.0586. The minimum Gasteiger partial charge on any atom is -0.395 e. The lowest BCUT2D eigenvalue weighted by Crippen LogP contribution is -2.62. The number of aliphatic hydroxyl groups is 2. The van der Waals surface area contributed by atoms with E-state index in [1.54, 1.807) is 0 Å². The van der Waals surface area contributed by atoms with Crippen LogP contribution in [0, 0.1) is 10.1 Å². The quantitative estimate of drug-likeness (QED) is 0.125. The Hall–Kier alpha value is -1.36. The van der Waals surface area contributed by atoms with Gasteiger partial charge in [0.05, 0.1) is 18.1 Å². The van der Waals surface area contributed by atoms with Gasteiger partial charge in [0.25, 0.3) is 5.70 Å². The van der Waals surface area contributed by atoms with Gasteiger partial charge in [0, 0.05) is 19.2 Å². The zero-order chi connectivity index (χ0) is 14.5. The van der Waals surface area contributed by atoms with Crippen LogP contribution >= 0.6 is 0 Å². The summed E-state index contributed by atoms with van der Waals surface area (Å²) < 4.78 is 0. The standard InChI is InChI=1S/C10H19N5O4/c11-9(13-3-5-16)1-2-10(12,14-4-6-17)8(7-9)15(18)19/h1-2,7,13-14,16-17H,3-6,11-12H2. The van der Waals surface area contributed by atoms with Crippen molar-refractivity contribution in [3.05, 3.63) is 34.0 Å². The van der Waals surface area contributed by atoms with Crippen molar-refractivity contribution in [1.29, 1.82) is 0 Å². The summed E-state index contributed by atoms with van der Waals surface area (Å²) in [4.78, 5) is 10.5. The molecule has 1 aliphatic carbocycles. The highest BCUT2D eigenvalue weighted by molar-refractivity contribution is 5.34. The second-order valence-electron chi connectivity index (χ2n) is 4.22. The van der Waals surface area contributed by atoms with Gasteiger partial charge in [0.15, 0.2) is 5.66 Å². The minimum atomic E-state index is -1.49. The van der Waals surface area contributed by atoms with Crippen LogP contribution in [0.5, 0.6) is 0 Å². The summed E-state index contributed by atoms with van der Waals surface area (Å²) >= 11 is 0. The topological polar surface area (TPSA) is 160 Å². The SMILES string of the molecule is NC1(NCCO)C=CC(N)(NCCO)C([N+](=O)[O-])=C1. The normalized spacial score (nSPS) is 30.2. The molecule has 2 atom stereocenters. The van der Waals surface area contributed by atoms with Crippen molar-refractivity contribution in [2.24, 2.45) is 11.5 Å². The van der Waals surface area contributed by atoms with Gasteiger partial charge in [-0.3, -0.25) is 20.7 Å². The van der Waals surface area contributed by atoms with Crippen molar-refractivity contribution >= 4 is 0 Å². The van der Waals surface area contributed by atoms with Crippen LogP contribution in [-0.4, -0.2) is 52.8 Å². The van der Waals surface area contributed by atoms with E-state index in [0.717, 1.165) is 0 Å². The number of hydrogen-bond donors (Lipinski definition) is 6. The van der Waals surface area contributed by atoms with E-state index in [4.69, 9.17) is 21.7 Å². The molecular formula is C10H19N5O4. The molecule has 0 saturated heterocycles. The van der Waals surface area contributed by atoms with Crippen molar-refractivity contribution < 1.29 is 15.1 Å². The van der Waals surface area contributed by atoms with Gasteiger partial charge in [-0.05, 0) is 12.2 Å². The fourth-order valence-electron chi connectivity index (χ4n) is 1.75. The molecule has 19 heavy (non-hydrogen) atoms. The van der Waals surface area contributed by atoms with E-state index >= 15 is 0 Å². The van der Waals surface area contributed by atoms with Crippen LogP contribution in [0.4, 0.5) is 0 Å². The number of nitrogens with two attached hydrogens (primary N) is 2. The number of nitrogens with zero attached hydrogens (tertiary/aromatic N) is 1. The summed E-state index contributed by atoms with van der Waals surface area (Å²) in [6, 6.07) is 0. The fraction of sp³-hybridized carbons (Fsp3) is 0.600. The Labute approximate surface area is 110 Å². The zero-order valence-electron chi connectivity index (χ0n) is 10.4. The van der Waals surface area contributed by atoms with Crippen LogP contribution < -0.4 is 22.1 Å². The van der Waals surface area contributed by atoms with Crippen LogP contribution in [-0.2, 0) is 0 Å². The van der Waals surface area contributed by atoms with E-state index in [1.165, 1.54) is 18.2 Å². The lowest BCUT2D eigenvalue weighted by atomic mass is 9.93. The van der Waals surface area contributed by atoms with E-state index in [0.29, 0.717) is 0 Å². The zero-order valence-corrected chi connectivity index (χ0v) is 10.4. The first-order valence-corrected chi connectivity index (χ1v) is 5.74. The Balaban J connectivity index is 2.99. The smallest absolute Gasteiger partial charge is 0.284 e. The van der Waals surface area contributed by atoms with E-state index in [1.807, 2.05) is 0 Å². The highest BCUT2D eigenvalue weighted by atomic mass is 16.6. The second-order valence-corrected chi connectivity index (χ2v) is 4.22. The van der Waals surface area contributed by atoms with E-state index in [-0.39, 0.29) is 32.0 Å². The van der Waals surface area contributed by atoms with Gasteiger partial charge in [-0.1, -0.05) is 0 Å². The summed E-state index contributed by atoms with van der Waals surface area (Å²) in [5.41, 5.74) is 8.73. The second kappa shape index (κ2) is 6.19. The third-order valence-electron chi connectivity index (χ3n) is 2.69. The highest BCUT2D eigenvalue weighted by Gasteiger charge is 2.42. The number of nitrogens with one attached hydrogen (secondary N) is 2. The van der Waals surface area contributed by atoms with Gasteiger partial charge in [0.2, 0.25) is 0 Å². The lowest BCUT2D eigenvalue weighted by Gasteiger charge is -2.33. The number of aliphatic hydroxyl groups excluding tert-OH is 2. The van der Waals surface area contributed by atoms with Crippen LogP contribution in [0.3, 0.4) is 0 Å². The summed E-state index contributed by atoms with van der Waals surface area (Å²) in [7, 11) is 0. The van der Waals surface area contributed by atoms with Crippen LogP contribution in [0.25, 0.3) is 0 Å². The molecule has 0 aromatic rings. The van der Waals surface area contributed by atoms with E-state index in [9.17, 15) is 10.1 Å². The predicted octanol–water partition coefficient (Wildman–Crippen LogP) is -2.81. The maximum Gasteiger partial charge on any atom is 0.284 e. The van der Waals surface area contributed by atoms with Gasteiger partial charge in [-0.25, -0.2) is 0 Å². The first-order chi connectivity index (χ1) is 8.87. The molecule has 9 nitrogen and oxygen atoms in total. The molecule has 0 fully saturated rings. The summed E-state index contributed by atoms with van der Waals surface area (Å²) in [5.74, 6) is 0. The van der Waals surface area contributed by atoms with Gasteiger partial charge in [-0.2, -0.15) is 0 Å². The largest absolute Gasteiger partial charge is 0.395 e. The Kier molecular flexibility index (Phi) is 5.11. The molecule has 8 N–H and O–H groups in total. The monoisotopic (exact) mass is 273 g/mol. The van der Waals surface area contributed by atoms with Gasteiger partial charge in [0.1, 0.15) is 5.66 Å². The Morgan fingerprint density at radius 3 is 2.32 bits per heavy atom. The van der Waals surface area contributed by atoms with Crippen molar-refractivity contribution in [3.8, 4) is 0 Å². The van der Waals surface area contributed by atoms with Crippen molar-refractivity contribution in [3.63, 3.8) is 0 Å². The average molecular weight is 273 g/mol.